The molecule has 85 valence electrons. The molecule has 1 heterocycles. The van der Waals surface area contributed by atoms with Crippen molar-refractivity contribution in [2.75, 3.05) is 5.73 Å². The Kier molecular flexibility index (Phi) is 3.14. The molecule has 1 atom stereocenters. The van der Waals surface area contributed by atoms with Crippen molar-refractivity contribution < 1.29 is 4.79 Å². The molecule has 0 bridgehead atoms. The first kappa shape index (κ1) is 11.3. The minimum atomic E-state index is -0.354. The molecule has 0 spiro atoms. The summed E-state index contributed by atoms with van der Waals surface area (Å²) in [5, 5.41) is 0. The van der Waals surface area contributed by atoms with E-state index in [1.807, 2.05) is 12.1 Å². The molecule has 0 saturated carbocycles. The Morgan fingerprint density at radius 3 is 2.59 bits per heavy atom. The molecule has 2 rings (SSSR count). The molecule has 0 aliphatic rings. The zero-order valence-corrected chi connectivity index (χ0v) is 9.42. The second-order valence-electron chi connectivity index (χ2n) is 3.76. The van der Waals surface area contributed by atoms with E-state index >= 15 is 0 Å². The van der Waals surface area contributed by atoms with E-state index < -0.39 is 0 Å². The number of hydrogen-bond acceptors (Lipinski definition) is 4. The number of nitrogens with zero attached hydrogens (tertiary/aromatic N) is 2. The van der Waals surface area contributed by atoms with E-state index in [4.69, 9.17) is 5.73 Å². The third kappa shape index (κ3) is 2.47. The number of nitrogen functional groups attached to an aromatic ring is 1. The largest absolute Gasteiger partial charge is 0.368 e. The lowest BCUT2D eigenvalue weighted by Crippen LogP contribution is -2.11. The van der Waals surface area contributed by atoms with Gasteiger partial charge in [-0.05, 0) is 18.6 Å². The number of carbonyl (C=O) groups is 1. The number of ketones is 1. The number of benzene rings is 1. The predicted octanol–water partition coefficient (Wildman–Crippen LogP) is 1.58. The first-order valence-electron chi connectivity index (χ1n) is 5.22. The van der Waals surface area contributed by atoms with Gasteiger partial charge in [0.1, 0.15) is 5.78 Å². The van der Waals surface area contributed by atoms with Gasteiger partial charge in [-0.1, -0.05) is 24.3 Å². The minimum Gasteiger partial charge on any atom is -0.368 e. The summed E-state index contributed by atoms with van der Waals surface area (Å²) < 4.78 is 0. The average molecular weight is 226 g/mol. The molecule has 0 aliphatic carbocycles. The Hall–Kier alpha value is -2.23. The van der Waals surface area contributed by atoms with Crippen molar-refractivity contribution in [3.05, 3.63) is 53.9 Å². The zero-order chi connectivity index (χ0) is 12.3. The Morgan fingerprint density at radius 2 is 2.06 bits per heavy atom. The molecule has 1 radical (unpaired) electrons. The standard InChI is InChI=1S/C13H12N3O/c1-9(17)12(10-5-3-2-4-6-10)11-7-15-13(14)16-8-11/h2-3,5-8,12H,1H3,(H2,14,15,16). The van der Waals surface area contributed by atoms with Crippen molar-refractivity contribution in [1.29, 1.82) is 0 Å². The summed E-state index contributed by atoms with van der Waals surface area (Å²) in [4.78, 5) is 19.6. The maximum Gasteiger partial charge on any atom is 0.219 e. The zero-order valence-electron chi connectivity index (χ0n) is 9.42. The Labute approximate surface area is 99.5 Å². The van der Waals surface area contributed by atoms with Crippen molar-refractivity contribution in [2.45, 2.75) is 12.8 Å². The lowest BCUT2D eigenvalue weighted by atomic mass is 9.90. The van der Waals surface area contributed by atoms with Gasteiger partial charge in [0.25, 0.3) is 0 Å². The SMILES string of the molecule is CC(=O)C(c1c[c]ccc1)c1cnc(N)nc1. The third-order valence-electron chi connectivity index (χ3n) is 2.50. The van der Waals surface area contributed by atoms with Crippen LogP contribution < -0.4 is 5.73 Å². The van der Waals surface area contributed by atoms with Gasteiger partial charge in [0.15, 0.2) is 0 Å². The molecule has 4 nitrogen and oxygen atoms in total. The van der Waals surface area contributed by atoms with E-state index in [-0.39, 0.29) is 17.6 Å². The second kappa shape index (κ2) is 4.74. The fraction of sp³-hybridized carbons (Fsp3) is 0.154. The van der Waals surface area contributed by atoms with Crippen LogP contribution in [-0.2, 0) is 4.79 Å². The molecule has 1 aromatic heterocycles. The van der Waals surface area contributed by atoms with Gasteiger partial charge in [0.05, 0.1) is 5.92 Å². The summed E-state index contributed by atoms with van der Waals surface area (Å²) in [5.41, 5.74) is 7.05. The Balaban J connectivity index is 2.43. The highest BCUT2D eigenvalue weighted by molar-refractivity contribution is 5.86. The smallest absolute Gasteiger partial charge is 0.219 e. The topological polar surface area (TPSA) is 68.9 Å². The van der Waals surface area contributed by atoms with E-state index in [1.54, 1.807) is 31.5 Å². The molecule has 0 saturated heterocycles. The van der Waals surface area contributed by atoms with Gasteiger partial charge in [-0.25, -0.2) is 9.97 Å². The first-order valence-corrected chi connectivity index (χ1v) is 5.22. The number of carbonyl (C=O) groups excluding carboxylic acids is 1. The highest BCUT2D eigenvalue weighted by Gasteiger charge is 2.19. The van der Waals surface area contributed by atoms with Gasteiger partial charge >= 0.3 is 0 Å². The monoisotopic (exact) mass is 226 g/mol. The molecule has 1 unspecified atom stereocenters. The summed E-state index contributed by atoms with van der Waals surface area (Å²) in [6.07, 6.45) is 3.17. The summed E-state index contributed by atoms with van der Waals surface area (Å²) in [7, 11) is 0. The van der Waals surface area contributed by atoms with Crippen LogP contribution in [0.5, 0.6) is 0 Å². The number of Topliss-reactive ketones (excluding diaryl/α,β-unsaturated/α-hetero) is 1. The third-order valence-corrected chi connectivity index (χ3v) is 2.50. The number of aromatic nitrogens is 2. The molecular formula is C13H12N3O. The van der Waals surface area contributed by atoms with Gasteiger partial charge in [-0.3, -0.25) is 4.79 Å². The Morgan fingerprint density at radius 1 is 1.35 bits per heavy atom. The normalized spacial score (nSPS) is 12.1. The van der Waals surface area contributed by atoms with Gasteiger partial charge in [0, 0.05) is 18.0 Å². The molecule has 2 N–H and O–H groups in total. The molecule has 4 heteroatoms. The lowest BCUT2D eigenvalue weighted by Gasteiger charge is -2.13. The minimum absolute atomic E-state index is 0.0398. The van der Waals surface area contributed by atoms with Crippen LogP contribution in [0.15, 0.2) is 36.7 Å². The molecule has 17 heavy (non-hydrogen) atoms. The number of rotatable bonds is 3. The first-order chi connectivity index (χ1) is 8.18. The van der Waals surface area contributed by atoms with Crippen LogP contribution in [0.2, 0.25) is 0 Å². The average Bonchev–Trinajstić information content (AvgIpc) is 2.33. The fourth-order valence-electron chi connectivity index (χ4n) is 1.75. The highest BCUT2D eigenvalue weighted by Crippen LogP contribution is 2.24. The van der Waals surface area contributed by atoms with Crippen LogP contribution in [0.4, 0.5) is 5.95 Å². The summed E-state index contributed by atoms with van der Waals surface area (Å²) in [6, 6.07) is 10.3. The highest BCUT2D eigenvalue weighted by atomic mass is 16.1. The fourth-order valence-corrected chi connectivity index (χ4v) is 1.75. The van der Waals surface area contributed by atoms with Crippen molar-refractivity contribution in [3.8, 4) is 0 Å². The van der Waals surface area contributed by atoms with Crippen LogP contribution in [0.25, 0.3) is 0 Å². The lowest BCUT2D eigenvalue weighted by molar-refractivity contribution is -0.117. The van der Waals surface area contributed by atoms with E-state index in [0.717, 1.165) is 11.1 Å². The van der Waals surface area contributed by atoms with Crippen LogP contribution in [-0.4, -0.2) is 15.8 Å². The van der Waals surface area contributed by atoms with Crippen LogP contribution in [0.1, 0.15) is 24.0 Å². The van der Waals surface area contributed by atoms with Crippen LogP contribution >= 0.6 is 0 Å². The van der Waals surface area contributed by atoms with Gasteiger partial charge in [-0.2, -0.15) is 0 Å². The molecule has 1 aromatic carbocycles. The quantitative estimate of drug-likeness (QED) is 0.862. The molecule has 0 aliphatic heterocycles. The van der Waals surface area contributed by atoms with Crippen molar-refractivity contribution in [3.63, 3.8) is 0 Å². The number of nitrogens with two attached hydrogens (primary N) is 1. The number of anilines is 1. The van der Waals surface area contributed by atoms with Crippen molar-refractivity contribution >= 4 is 11.7 Å². The summed E-state index contributed by atoms with van der Waals surface area (Å²) in [5.74, 6) is -0.110. The van der Waals surface area contributed by atoms with E-state index in [2.05, 4.69) is 16.0 Å². The molecule has 0 amide bonds. The van der Waals surface area contributed by atoms with Gasteiger partial charge in [-0.15, -0.1) is 0 Å². The Bertz CT molecular complexity index is 508. The van der Waals surface area contributed by atoms with Crippen molar-refractivity contribution in [1.82, 2.24) is 9.97 Å². The van der Waals surface area contributed by atoms with E-state index in [1.165, 1.54) is 0 Å². The summed E-state index contributed by atoms with van der Waals surface area (Å²) in [6.45, 7) is 1.55. The second-order valence-corrected chi connectivity index (χ2v) is 3.76. The molecular weight excluding hydrogens is 214 g/mol. The van der Waals surface area contributed by atoms with E-state index in [9.17, 15) is 4.79 Å². The molecule has 0 fully saturated rings. The predicted molar refractivity (Wildman–Crippen MR) is 64.2 cm³/mol. The van der Waals surface area contributed by atoms with Crippen molar-refractivity contribution in [2.24, 2.45) is 0 Å². The van der Waals surface area contributed by atoms with Gasteiger partial charge < -0.3 is 5.73 Å². The molecule has 2 aromatic rings. The maximum atomic E-state index is 11.7. The van der Waals surface area contributed by atoms with E-state index in [0.29, 0.717) is 0 Å². The van der Waals surface area contributed by atoms with Gasteiger partial charge in [0.2, 0.25) is 5.95 Å². The van der Waals surface area contributed by atoms with Crippen LogP contribution in [0.3, 0.4) is 0 Å². The number of hydrogen-bond donors (Lipinski definition) is 1. The maximum absolute atomic E-state index is 11.7. The summed E-state index contributed by atoms with van der Waals surface area (Å²) >= 11 is 0. The van der Waals surface area contributed by atoms with Crippen LogP contribution in [0, 0.1) is 6.07 Å².